The van der Waals surface area contributed by atoms with Crippen LogP contribution in [0.15, 0.2) is 53.5 Å². The minimum absolute atomic E-state index is 0.234. The van der Waals surface area contributed by atoms with Gasteiger partial charge in [0.25, 0.3) is 0 Å². The lowest BCUT2D eigenvalue weighted by Crippen LogP contribution is -2.44. The molecule has 0 amide bonds. The van der Waals surface area contributed by atoms with Gasteiger partial charge in [-0.15, -0.1) is 0 Å². The van der Waals surface area contributed by atoms with Crippen molar-refractivity contribution in [3.8, 4) is 11.5 Å². The van der Waals surface area contributed by atoms with E-state index in [4.69, 9.17) is 4.74 Å². The molecule has 0 saturated carbocycles. The molecule has 0 aliphatic carbocycles. The van der Waals surface area contributed by atoms with E-state index in [1.54, 1.807) is 20.2 Å². The zero-order chi connectivity index (χ0) is 18.9. The topological polar surface area (TPSA) is 65.9 Å². The summed E-state index contributed by atoms with van der Waals surface area (Å²) in [6, 6.07) is 16.0. The van der Waals surface area contributed by atoms with Gasteiger partial charge in [-0.3, -0.25) is 4.99 Å². The Bertz CT molecular complexity index is 716. The summed E-state index contributed by atoms with van der Waals surface area (Å²) in [5, 5.41) is 16.8. The molecular weight excluding hydrogens is 326 g/mol. The van der Waals surface area contributed by atoms with Crippen LogP contribution >= 0.6 is 0 Å². The lowest BCUT2D eigenvalue weighted by Gasteiger charge is -2.24. The number of phenols is 1. The third kappa shape index (κ3) is 5.41. The van der Waals surface area contributed by atoms with Crippen molar-refractivity contribution in [1.29, 1.82) is 0 Å². The van der Waals surface area contributed by atoms with Crippen molar-refractivity contribution in [3.05, 3.63) is 59.7 Å². The van der Waals surface area contributed by atoms with Crippen LogP contribution in [-0.4, -0.2) is 37.8 Å². The van der Waals surface area contributed by atoms with E-state index >= 15 is 0 Å². The minimum atomic E-state index is 0.234. The molecule has 0 spiro atoms. The summed E-state index contributed by atoms with van der Waals surface area (Å²) < 4.78 is 5.11. The van der Waals surface area contributed by atoms with E-state index in [0.29, 0.717) is 24.6 Å². The first-order valence-electron chi connectivity index (χ1n) is 8.93. The van der Waals surface area contributed by atoms with Crippen LogP contribution in [-0.2, 0) is 6.42 Å². The standard InChI is InChI=1S/C21H29N3O2/c1-15(17-8-6-5-7-9-17)16(2)24-21(22-3)23-13-12-18-10-11-19(26-4)14-20(18)25/h5-11,14-16,25H,12-13H2,1-4H3,(H2,22,23,24). The Hall–Kier alpha value is -2.69. The molecule has 5 nitrogen and oxygen atoms in total. The second-order valence-corrected chi connectivity index (χ2v) is 6.38. The number of nitrogens with one attached hydrogen (secondary N) is 2. The smallest absolute Gasteiger partial charge is 0.191 e. The van der Waals surface area contributed by atoms with Gasteiger partial charge in [0.1, 0.15) is 11.5 Å². The van der Waals surface area contributed by atoms with Crippen molar-refractivity contribution in [3.63, 3.8) is 0 Å². The number of nitrogens with zero attached hydrogens (tertiary/aromatic N) is 1. The SMILES string of the molecule is CN=C(NCCc1ccc(OC)cc1O)NC(C)C(C)c1ccccc1. The van der Waals surface area contributed by atoms with Crippen LogP contribution in [0.5, 0.6) is 11.5 Å². The largest absolute Gasteiger partial charge is 0.508 e. The van der Waals surface area contributed by atoms with Crippen LogP contribution < -0.4 is 15.4 Å². The monoisotopic (exact) mass is 355 g/mol. The van der Waals surface area contributed by atoms with Crippen molar-refractivity contribution in [1.82, 2.24) is 10.6 Å². The van der Waals surface area contributed by atoms with Gasteiger partial charge in [-0.05, 0) is 30.5 Å². The van der Waals surface area contributed by atoms with Crippen LogP contribution in [0.4, 0.5) is 0 Å². The highest BCUT2D eigenvalue weighted by Gasteiger charge is 2.15. The zero-order valence-corrected chi connectivity index (χ0v) is 16.0. The predicted molar refractivity (Wildman–Crippen MR) is 107 cm³/mol. The molecule has 0 aromatic heterocycles. The first kappa shape index (κ1) is 19.6. The molecule has 0 aliphatic rings. The highest BCUT2D eigenvalue weighted by molar-refractivity contribution is 5.80. The maximum Gasteiger partial charge on any atom is 0.191 e. The molecule has 5 heteroatoms. The lowest BCUT2D eigenvalue weighted by atomic mass is 9.94. The number of benzene rings is 2. The van der Waals surface area contributed by atoms with Gasteiger partial charge in [0, 0.05) is 31.6 Å². The molecule has 0 bridgehead atoms. The summed E-state index contributed by atoms with van der Waals surface area (Å²) in [4.78, 5) is 4.30. The number of aromatic hydroxyl groups is 1. The summed E-state index contributed by atoms with van der Waals surface area (Å²) in [6.45, 7) is 5.03. The van der Waals surface area contributed by atoms with E-state index in [2.05, 4.69) is 53.7 Å². The molecule has 2 rings (SSSR count). The van der Waals surface area contributed by atoms with E-state index in [0.717, 1.165) is 11.5 Å². The molecule has 2 aromatic carbocycles. The Morgan fingerprint density at radius 3 is 2.50 bits per heavy atom. The minimum Gasteiger partial charge on any atom is -0.508 e. The Morgan fingerprint density at radius 1 is 1.15 bits per heavy atom. The molecule has 2 aromatic rings. The quantitative estimate of drug-likeness (QED) is 0.527. The second kappa shape index (κ2) is 9.70. The van der Waals surface area contributed by atoms with E-state index in [-0.39, 0.29) is 11.8 Å². The average Bonchev–Trinajstić information content (AvgIpc) is 2.68. The van der Waals surface area contributed by atoms with E-state index in [1.807, 2.05) is 18.2 Å². The fourth-order valence-electron chi connectivity index (χ4n) is 2.78. The highest BCUT2D eigenvalue weighted by Crippen LogP contribution is 2.23. The van der Waals surface area contributed by atoms with Gasteiger partial charge in [-0.25, -0.2) is 0 Å². The van der Waals surface area contributed by atoms with Crippen molar-refractivity contribution >= 4 is 5.96 Å². The van der Waals surface area contributed by atoms with Crippen LogP contribution in [0.3, 0.4) is 0 Å². The predicted octanol–water partition coefficient (Wildman–Crippen LogP) is 3.30. The summed E-state index contributed by atoms with van der Waals surface area (Å²) in [7, 11) is 3.35. The lowest BCUT2D eigenvalue weighted by molar-refractivity contribution is 0.406. The van der Waals surface area contributed by atoms with Gasteiger partial charge >= 0.3 is 0 Å². The molecule has 3 N–H and O–H groups in total. The van der Waals surface area contributed by atoms with Crippen LogP contribution in [0.25, 0.3) is 0 Å². The molecule has 26 heavy (non-hydrogen) atoms. The molecule has 0 aliphatic heterocycles. The third-order valence-electron chi connectivity index (χ3n) is 4.64. The zero-order valence-electron chi connectivity index (χ0n) is 16.0. The normalized spacial score (nSPS) is 13.8. The number of rotatable bonds is 7. The fourth-order valence-corrected chi connectivity index (χ4v) is 2.78. The van der Waals surface area contributed by atoms with Crippen LogP contribution in [0.1, 0.15) is 30.9 Å². The third-order valence-corrected chi connectivity index (χ3v) is 4.64. The van der Waals surface area contributed by atoms with Crippen molar-refractivity contribution < 1.29 is 9.84 Å². The number of methoxy groups -OCH3 is 1. The maximum absolute atomic E-state index is 10.0. The van der Waals surface area contributed by atoms with Crippen LogP contribution in [0.2, 0.25) is 0 Å². The van der Waals surface area contributed by atoms with Gasteiger partial charge in [-0.1, -0.05) is 43.3 Å². The van der Waals surface area contributed by atoms with E-state index < -0.39 is 0 Å². The Morgan fingerprint density at radius 2 is 1.88 bits per heavy atom. The molecule has 140 valence electrons. The van der Waals surface area contributed by atoms with E-state index in [1.165, 1.54) is 5.56 Å². The number of hydrogen-bond donors (Lipinski definition) is 3. The molecular formula is C21H29N3O2. The molecule has 0 saturated heterocycles. The fraction of sp³-hybridized carbons (Fsp3) is 0.381. The number of ether oxygens (including phenoxy) is 1. The molecule has 0 fully saturated rings. The van der Waals surface area contributed by atoms with Gasteiger partial charge < -0.3 is 20.5 Å². The van der Waals surface area contributed by atoms with Crippen molar-refractivity contribution in [2.75, 3.05) is 20.7 Å². The number of aliphatic imine (C=N–C) groups is 1. The summed E-state index contributed by atoms with van der Waals surface area (Å²) in [5.41, 5.74) is 2.17. The molecule has 0 radical (unpaired) electrons. The van der Waals surface area contributed by atoms with Gasteiger partial charge in [0.15, 0.2) is 5.96 Å². The summed E-state index contributed by atoms with van der Waals surface area (Å²) in [6.07, 6.45) is 0.694. The van der Waals surface area contributed by atoms with Crippen molar-refractivity contribution in [2.45, 2.75) is 32.2 Å². The molecule has 0 heterocycles. The Kier molecular flexibility index (Phi) is 7.33. The van der Waals surface area contributed by atoms with Gasteiger partial charge in [0.2, 0.25) is 0 Å². The Labute approximate surface area is 156 Å². The van der Waals surface area contributed by atoms with Crippen molar-refractivity contribution in [2.24, 2.45) is 4.99 Å². The first-order chi connectivity index (χ1) is 12.5. The summed E-state index contributed by atoms with van der Waals surface area (Å²) >= 11 is 0. The number of phenolic OH excluding ortho intramolecular Hbond substituents is 1. The van der Waals surface area contributed by atoms with Crippen LogP contribution in [0, 0.1) is 0 Å². The Balaban J connectivity index is 1.86. The average molecular weight is 355 g/mol. The maximum atomic E-state index is 10.0. The second-order valence-electron chi connectivity index (χ2n) is 6.38. The summed E-state index contributed by atoms with van der Waals surface area (Å²) in [5.74, 6) is 2.02. The van der Waals surface area contributed by atoms with Gasteiger partial charge in [-0.2, -0.15) is 0 Å². The van der Waals surface area contributed by atoms with Gasteiger partial charge in [0.05, 0.1) is 7.11 Å². The first-order valence-corrected chi connectivity index (χ1v) is 8.93. The van der Waals surface area contributed by atoms with E-state index in [9.17, 15) is 5.11 Å². The molecule has 2 unspecified atom stereocenters. The molecule has 2 atom stereocenters. The highest BCUT2D eigenvalue weighted by atomic mass is 16.5. The number of hydrogen-bond acceptors (Lipinski definition) is 3. The number of guanidine groups is 1.